The Hall–Kier alpha value is -1.33. The van der Waals surface area contributed by atoms with Crippen LogP contribution in [0.2, 0.25) is 0 Å². The number of amides is 1. The fraction of sp³-hybridized carbons (Fsp3) is 0.267. The number of nitrogens with one attached hydrogen (secondary N) is 2. The van der Waals surface area contributed by atoms with Crippen LogP contribution in [0.1, 0.15) is 30.3 Å². The zero-order valence-electron chi connectivity index (χ0n) is 11.7. The summed E-state index contributed by atoms with van der Waals surface area (Å²) in [6.45, 7) is 5.64. The molecule has 106 valence electrons. The first-order valence-electron chi connectivity index (χ1n) is 6.34. The lowest BCUT2D eigenvalue weighted by atomic mass is 10.1. The largest absolute Gasteiger partial charge is 0.378 e. The van der Waals surface area contributed by atoms with Gasteiger partial charge in [0, 0.05) is 33.0 Å². The molecule has 20 heavy (non-hydrogen) atoms. The van der Waals surface area contributed by atoms with Crippen LogP contribution in [0.3, 0.4) is 0 Å². The van der Waals surface area contributed by atoms with Gasteiger partial charge in [-0.2, -0.15) is 0 Å². The molecule has 3 nitrogen and oxygen atoms in total. The summed E-state index contributed by atoms with van der Waals surface area (Å²) in [4.78, 5) is 12.4. The molecule has 0 spiro atoms. The van der Waals surface area contributed by atoms with Crippen molar-refractivity contribution in [2.75, 3.05) is 10.6 Å². The molecule has 2 aromatic rings. The predicted octanol–water partition coefficient (Wildman–Crippen LogP) is 4.95. The van der Waals surface area contributed by atoms with E-state index in [2.05, 4.69) is 44.9 Å². The number of anilines is 2. The van der Waals surface area contributed by atoms with Gasteiger partial charge >= 0.3 is 0 Å². The van der Waals surface area contributed by atoms with Crippen molar-refractivity contribution in [3.63, 3.8) is 0 Å². The molecule has 2 rings (SSSR count). The molecule has 0 saturated carbocycles. The maximum atomic E-state index is 11.1. The molecule has 0 radical (unpaired) electrons. The van der Waals surface area contributed by atoms with Gasteiger partial charge in [-0.05, 0) is 59.6 Å². The van der Waals surface area contributed by atoms with Crippen LogP contribution >= 0.6 is 27.3 Å². The van der Waals surface area contributed by atoms with E-state index in [0.29, 0.717) is 0 Å². The Morgan fingerprint density at radius 3 is 2.65 bits per heavy atom. The second kappa shape index (κ2) is 6.41. The van der Waals surface area contributed by atoms with Gasteiger partial charge in [-0.3, -0.25) is 4.79 Å². The minimum atomic E-state index is -0.0504. The third kappa shape index (κ3) is 3.84. The lowest BCUT2D eigenvalue weighted by molar-refractivity contribution is -0.114. The Balaban J connectivity index is 2.10. The van der Waals surface area contributed by atoms with Crippen LogP contribution in [-0.4, -0.2) is 5.91 Å². The summed E-state index contributed by atoms with van der Waals surface area (Å²) < 4.78 is 1.11. The van der Waals surface area contributed by atoms with Gasteiger partial charge in [0.05, 0.1) is 6.04 Å². The molecule has 1 atom stereocenters. The number of carbonyl (C=O) groups is 1. The average molecular weight is 353 g/mol. The molecule has 1 amide bonds. The highest BCUT2D eigenvalue weighted by Gasteiger charge is 2.09. The fourth-order valence-electron chi connectivity index (χ4n) is 1.96. The summed E-state index contributed by atoms with van der Waals surface area (Å²) in [6.07, 6.45) is 0. The van der Waals surface area contributed by atoms with Gasteiger partial charge in [-0.25, -0.2) is 0 Å². The Bertz CT molecular complexity index is 624. The summed E-state index contributed by atoms with van der Waals surface area (Å²) in [5.74, 6) is -0.0504. The number of benzene rings is 1. The number of aryl methyl sites for hydroxylation is 1. The summed E-state index contributed by atoms with van der Waals surface area (Å²) >= 11 is 5.20. The van der Waals surface area contributed by atoms with E-state index in [1.807, 2.05) is 25.1 Å². The average Bonchev–Trinajstić information content (AvgIpc) is 2.79. The normalized spacial score (nSPS) is 12.0. The van der Waals surface area contributed by atoms with Gasteiger partial charge in [-0.15, -0.1) is 11.3 Å². The van der Waals surface area contributed by atoms with Crippen LogP contribution in [0.5, 0.6) is 0 Å². The van der Waals surface area contributed by atoms with Crippen molar-refractivity contribution in [1.82, 2.24) is 0 Å². The monoisotopic (exact) mass is 352 g/mol. The molecule has 1 unspecified atom stereocenters. The number of hydrogen-bond acceptors (Lipinski definition) is 3. The summed E-state index contributed by atoms with van der Waals surface area (Å²) in [6, 6.07) is 8.33. The lowest BCUT2D eigenvalue weighted by Crippen LogP contribution is -2.08. The summed E-state index contributed by atoms with van der Waals surface area (Å²) in [5, 5.41) is 8.37. The van der Waals surface area contributed by atoms with E-state index in [-0.39, 0.29) is 11.9 Å². The van der Waals surface area contributed by atoms with E-state index in [9.17, 15) is 4.79 Å². The molecule has 0 fully saturated rings. The van der Waals surface area contributed by atoms with Gasteiger partial charge in [0.2, 0.25) is 5.91 Å². The van der Waals surface area contributed by atoms with Crippen molar-refractivity contribution >= 4 is 44.5 Å². The smallest absolute Gasteiger partial charge is 0.221 e. The van der Waals surface area contributed by atoms with E-state index in [1.54, 1.807) is 11.3 Å². The molecular weight excluding hydrogens is 336 g/mol. The maximum absolute atomic E-state index is 11.1. The van der Waals surface area contributed by atoms with Gasteiger partial charge in [0.1, 0.15) is 0 Å². The third-order valence-electron chi connectivity index (χ3n) is 2.93. The Labute approximate surface area is 131 Å². The molecule has 0 aliphatic carbocycles. The molecular formula is C15H17BrN2OS. The minimum absolute atomic E-state index is 0.0504. The van der Waals surface area contributed by atoms with E-state index >= 15 is 0 Å². The highest BCUT2D eigenvalue weighted by molar-refractivity contribution is 9.10. The SMILES string of the molecule is CC(=O)Nc1ccc(NC(C)c2cc(Br)cs2)cc1C. The van der Waals surface area contributed by atoms with E-state index in [4.69, 9.17) is 0 Å². The molecule has 2 N–H and O–H groups in total. The van der Waals surface area contributed by atoms with Crippen molar-refractivity contribution in [3.8, 4) is 0 Å². The molecule has 5 heteroatoms. The van der Waals surface area contributed by atoms with Crippen LogP contribution in [-0.2, 0) is 4.79 Å². The summed E-state index contributed by atoms with van der Waals surface area (Å²) in [5.41, 5.74) is 2.95. The number of hydrogen-bond donors (Lipinski definition) is 2. The minimum Gasteiger partial charge on any atom is -0.378 e. The molecule has 0 saturated heterocycles. The third-order valence-corrected chi connectivity index (χ3v) is 4.81. The highest BCUT2D eigenvalue weighted by atomic mass is 79.9. The molecule has 1 heterocycles. The highest BCUT2D eigenvalue weighted by Crippen LogP contribution is 2.29. The standard InChI is InChI=1S/C15H17BrN2OS/c1-9-6-13(4-5-14(9)18-11(3)19)17-10(2)15-7-12(16)8-20-15/h4-8,10,17H,1-3H3,(H,18,19). The fourth-order valence-corrected chi connectivity index (χ4v) is 3.41. The first-order chi connectivity index (χ1) is 9.45. The molecule has 1 aromatic heterocycles. The van der Waals surface area contributed by atoms with Crippen LogP contribution < -0.4 is 10.6 Å². The first-order valence-corrected chi connectivity index (χ1v) is 8.01. The van der Waals surface area contributed by atoms with E-state index in [1.165, 1.54) is 11.8 Å². The second-order valence-electron chi connectivity index (χ2n) is 4.74. The van der Waals surface area contributed by atoms with E-state index < -0.39 is 0 Å². The number of rotatable bonds is 4. The van der Waals surface area contributed by atoms with Crippen LogP contribution in [0.4, 0.5) is 11.4 Å². The zero-order chi connectivity index (χ0) is 14.7. The predicted molar refractivity (Wildman–Crippen MR) is 89.5 cm³/mol. The van der Waals surface area contributed by atoms with Gasteiger partial charge < -0.3 is 10.6 Å². The van der Waals surface area contributed by atoms with Crippen LogP contribution in [0, 0.1) is 6.92 Å². The number of carbonyl (C=O) groups excluding carboxylic acids is 1. The second-order valence-corrected chi connectivity index (χ2v) is 6.60. The molecule has 0 aliphatic heterocycles. The van der Waals surface area contributed by atoms with Gasteiger partial charge in [-0.1, -0.05) is 0 Å². The van der Waals surface area contributed by atoms with Crippen LogP contribution in [0.15, 0.2) is 34.1 Å². The number of halogens is 1. The van der Waals surface area contributed by atoms with Crippen molar-refractivity contribution < 1.29 is 4.79 Å². The Kier molecular flexibility index (Phi) is 4.83. The molecule has 0 aliphatic rings. The molecule has 1 aromatic carbocycles. The van der Waals surface area contributed by atoms with Crippen molar-refractivity contribution in [1.29, 1.82) is 0 Å². The summed E-state index contributed by atoms with van der Waals surface area (Å²) in [7, 11) is 0. The zero-order valence-corrected chi connectivity index (χ0v) is 14.1. The van der Waals surface area contributed by atoms with Crippen LogP contribution in [0.25, 0.3) is 0 Å². The maximum Gasteiger partial charge on any atom is 0.221 e. The van der Waals surface area contributed by atoms with Crippen molar-refractivity contribution in [2.24, 2.45) is 0 Å². The van der Waals surface area contributed by atoms with Crippen molar-refractivity contribution in [2.45, 2.75) is 26.8 Å². The Morgan fingerprint density at radius 2 is 2.10 bits per heavy atom. The quantitative estimate of drug-likeness (QED) is 0.817. The van der Waals surface area contributed by atoms with Crippen molar-refractivity contribution in [3.05, 3.63) is 44.6 Å². The Morgan fingerprint density at radius 1 is 1.35 bits per heavy atom. The molecule has 0 bridgehead atoms. The first kappa shape index (κ1) is 15.1. The van der Waals surface area contributed by atoms with Gasteiger partial charge in [0.25, 0.3) is 0 Å². The van der Waals surface area contributed by atoms with Gasteiger partial charge in [0.15, 0.2) is 0 Å². The van der Waals surface area contributed by atoms with E-state index in [0.717, 1.165) is 21.4 Å². The lowest BCUT2D eigenvalue weighted by Gasteiger charge is -2.15. The number of thiophene rings is 1. The topological polar surface area (TPSA) is 41.1 Å².